The van der Waals surface area contributed by atoms with Crippen molar-refractivity contribution in [1.29, 1.82) is 0 Å². The number of hydrogen-bond acceptors (Lipinski definition) is 4. The van der Waals surface area contributed by atoms with Gasteiger partial charge < -0.3 is 4.84 Å². The molecule has 2 aromatic carbocycles. The van der Waals surface area contributed by atoms with Crippen LogP contribution in [0.15, 0.2) is 53.7 Å². The van der Waals surface area contributed by atoms with Gasteiger partial charge in [0.2, 0.25) is 0 Å². The van der Waals surface area contributed by atoms with Crippen LogP contribution in [0.25, 0.3) is 0 Å². The minimum atomic E-state index is -5.53. The van der Waals surface area contributed by atoms with Crippen LogP contribution in [0.4, 0.5) is 18.9 Å². The van der Waals surface area contributed by atoms with Gasteiger partial charge in [0.05, 0.1) is 11.4 Å². The van der Waals surface area contributed by atoms with Crippen LogP contribution in [0, 0.1) is 6.92 Å². The topological polar surface area (TPSA) is 67.8 Å². The Morgan fingerprint density at radius 1 is 1.14 bits per heavy atom. The second-order valence-electron chi connectivity index (χ2n) is 6.41. The highest BCUT2D eigenvalue weighted by Crippen LogP contribution is 2.28. The lowest BCUT2D eigenvalue weighted by Crippen LogP contribution is -2.30. The molecule has 0 bridgehead atoms. The van der Waals surface area contributed by atoms with Gasteiger partial charge in [-0.05, 0) is 43.9 Å². The lowest BCUT2D eigenvalue weighted by molar-refractivity contribution is -0.0429. The van der Waals surface area contributed by atoms with Crippen LogP contribution in [0.2, 0.25) is 0 Å². The van der Waals surface area contributed by atoms with E-state index in [1.54, 1.807) is 24.6 Å². The Hall–Kier alpha value is -2.55. The third-order valence-electron chi connectivity index (χ3n) is 4.09. The minimum Gasteiger partial charge on any atom is -0.396 e. The van der Waals surface area contributed by atoms with E-state index in [4.69, 9.17) is 4.84 Å². The summed E-state index contributed by atoms with van der Waals surface area (Å²) in [5, 5.41) is 4.04. The molecule has 2 rings (SSSR count). The van der Waals surface area contributed by atoms with Crippen molar-refractivity contribution in [2.75, 3.05) is 11.3 Å². The first-order valence-electron chi connectivity index (χ1n) is 9.07. The standard InChI is InChI=1S/C20H23F3N2O3S/c1-3-18(24-28-13-7-10-16-8-5-4-6-9-16)17-14-15(2)11-12-19(17)25-29(26,27)20(21,22)23/h4-6,8-9,11-12,14,25H,3,7,10,13H2,1-2H3/b24-18+. The summed E-state index contributed by atoms with van der Waals surface area (Å²) in [6.07, 6.45) is 1.87. The fraction of sp³-hybridized carbons (Fsp3) is 0.350. The van der Waals surface area contributed by atoms with Crippen LogP contribution < -0.4 is 4.72 Å². The van der Waals surface area contributed by atoms with Gasteiger partial charge in [-0.2, -0.15) is 21.6 Å². The normalized spacial score (nSPS) is 12.7. The molecule has 0 aliphatic rings. The van der Waals surface area contributed by atoms with Gasteiger partial charge >= 0.3 is 15.5 Å². The smallest absolute Gasteiger partial charge is 0.396 e. The number of hydrogen-bond donors (Lipinski definition) is 1. The van der Waals surface area contributed by atoms with Gasteiger partial charge in [0, 0.05) is 5.56 Å². The highest BCUT2D eigenvalue weighted by atomic mass is 32.2. The van der Waals surface area contributed by atoms with E-state index < -0.39 is 15.5 Å². The summed E-state index contributed by atoms with van der Waals surface area (Å²) in [6.45, 7) is 3.84. The third kappa shape index (κ3) is 6.49. The second-order valence-corrected chi connectivity index (χ2v) is 8.09. The van der Waals surface area contributed by atoms with Gasteiger partial charge in [0.25, 0.3) is 0 Å². The molecule has 0 spiro atoms. The zero-order chi connectivity index (χ0) is 21.5. The molecule has 5 nitrogen and oxygen atoms in total. The molecule has 9 heteroatoms. The molecule has 0 aromatic heterocycles. The summed E-state index contributed by atoms with van der Waals surface area (Å²) >= 11 is 0. The summed E-state index contributed by atoms with van der Waals surface area (Å²) in [7, 11) is -5.53. The number of alkyl halides is 3. The van der Waals surface area contributed by atoms with Crippen LogP contribution in [-0.4, -0.2) is 26.2 Å². The Balaban J connectivity index is 2.13. The summed E-state index contributed by atoms with van der Waals surface area (Å²) in [5.41, 5.74) is -3.08. The van der Waals surface area contributed by atoms with E-state index in [-0.39, 0.29) is 11.3 Å². The fourth-order valence-corrected chi connectivity index (χ4v) is 3.18. The van der Waals surface area contributed by atoms with Crippen molar-refractivity contribution in [1.82, 2.24) is 0 Å². The average Bonchev–Trinajstić information content (AvgIpc) is 2.66. The van der Waals surface area contributed by atoms with E-state index in [1.165, 1.54) is 17.7 Å². The maximum Gasteiger partial charge on any atom is 0.516 e. The van der Waals surface area contributed by atoms with Crippen molar-refractivity contribution in [3.8, 4) is 0 Å². The Labute approximate surface area is 168 Å². The van der Waals surface area contributed by atoms with Gasteiger partial charge in [-0.1, -0.05) is 54.0 Å². The zero-order valence-electron chi connectivity index (χ0n) is 16.2. The minimum absolute atomic E-state index is 0.193. The van der Waals surface area contributed by atoms with E-state index in [9.17, 15) is 21.6 Å². The average molecular weight is 428 g/mol. The zero-order valence-corrected chi connectivity index (χ0v) is 17.0. The highest BCUT2D eigenvalue weighted by Gasteiger charge is 2.46. The first kappa shape index (κ1) is 22.7. The molecular weight excluding hydrogens is 405 g/mol. The third-order valence-corrected chi connectivity index (χ3v) is 5.19. The molecule has 0 unspecified atom stereocenters. The van der Waals surface area contributed by atoms with E-state index in [1.807, 2.05) is 30.3 Å². The van der Waals surface area contributed by atoms with Gasteiger partial charge in [-0.25, -0.2) is 0 Å². The Morgan fingerprint density at radius 3 is 2.45 bits per heavy atom. The number of nitrogens with one attached hydrogen (secondary N) is 1. The second kappa shape index (κ2) is 9.78. The predicted molar refractivity (Wildman–Crippen MR) is 107 cm³/mol. The molecule has 0 aliphatic heterocycles. The molecule has 0 radical (unpaired) electrons. The fourth-order valence-electron chi connectivity index (χ4n) is 2.60. The summed E-state index contributed by atoms with van der Waals surface area (Å²) < 4.78 is 62.8. The molecule has 1 N–H and O–H groups in total. The first-order valence-corrected chi connectivity index (χ1v) is 10.5. The molecule has 0 aliphatic carbocycles. The molecule has 2 aromatic rings. The number of halogens is 3. The number of sulfonamides is 1. The number of rotatable bonds is 9. The number of benzene rings is 2. The van der Waals surface area contributed by atoms with Crippen molar-refractivity contribution in [3.63, 3.8) is 0 Å². The number of oxime groups is 1. The van der Waals surface area contributed by atoms with Crippen LogP contribution in [0.3, 0.4) is 0 Å². The molecule has 0 fully saturated rings. The first-order chi connectivity index (χ1) is 13.6. The maximum atomic E-state index is 12.7. The largest absolute Gasteiger partial charge is 0.516 e. The van der Waals surface area contributed by atoms with Crippen LogP contribution in [0.5, 0.6) is 0 Å². The molecule has 158 valence electrons. The van der Waals surface area contributed by atoms with Gasteiger partial charge in [0.1, 0.15) is 6.61 Å². The van der Waals surface area contributed by atoms with Crippen LogP contribution in [-0.2, 0) is 21.3 Å². The number of anilines is 1. The Morgan fingerprint density at radius 2 is 1.83 bits per heavy atom. The van der Waals surface area contributed by atoms with Gasteiger partial charge in [0.15, 0.2) is 0 Å². The highest BCUT2D eigenvalue weighted by molar-refractivity contribution is 7.93. The predicted octanol–water partition coefficient (Wildman–Crippen LogP) is 5.02. The number of aryl methyl sites for hydroxylation is 2. The van der Waals surface area contributed by atoms with Crippen molar-refractivity contribution < 1.29 is 26.4 Å². The SMILES string of the molecule is CC/C(=N\OCCCc1ccccc1)c1cc(C)ccc1NS(=O)(=O)C(F)(F)F. The van der Waals surface area contributed by atoms with Crippen LogP contribution in [0.1, 0.15) is 36.5 Å². The molecule has 29 heavy (non-hydrogen) atoms. The molecule has 0 saturated carbocycles. The van der Waals surface area contributed by atoms with Crippen molar-refractivity contribution in [2.24, 2.45) is 5.16 Å². The van der Waals surface area contributed by atoms with E-state index in [2.05, 4.69) is 5.16 Å². The quantitative estimate of drug-likeness (QED) is 0.346. The Bertz CT molecular complexity index is 943. The Kier molecular flexibility index (Phi) is 7.66. The van der Waals surface area contributed by atoms with Gasteiger partial charge in [-0.3, -0.25) is 4.72 Å². The molecule has 0 amide bonds. The molecular formula is C20H23F3N2O3S. The van der Waals surface area contributed by atoms with Crippen molar-refractivity contribution in [2.45, 2.75) is 38.6 Å². The van der Waals surface area contributed by atoms with E-state index >= 15 is 0 Å². The molecule has 0 atom stereocenters. The summed E-state index contributed by atoms with van der Waals surface area (Å²) in [6, 6.07) is 14.2. The lowest BCUT2D eigenvalue weighted by Gasteiger charge is -2.15. The summed E-state index contributed by atoms with van der Waals surface area (Å²) in [4.78, 5) is 5.34. The van der Waals surface area contributed by atoms with Crippen molar-refractivity contribution in [3.05, 3.63) is 65.2 Å². The van der Waals surface area contributed by atoms with Crippen molar-refractivity contribution >= 4 is 21.4 Å². The summed E-state index contributed by atoms with van der Waals surface area (Å²) in [5.74, 6) is 0. The lowest BCUT2D eigenvalue weighted by atomic mass is 10.0. The molecule has 0 saturated heterocycles. The molecule has 0 heterocycles. The monoisotopic (exact) mass is 428 g/mol. The van der Waals surface area contributed by atoms with Crippen LogP contribution >= 0.6 is 0 Å². The van der Waals surface area contributed by atoms with E-state index in [0.717, 1.165) is 12.0 Å². The van der Waals surface area contributed by atoms with E-state index in [0.29, 0.717) is 25.2 Å². The van der Waals surface area contributed by atoms with Gasteiger partial charge in [-0.15, -0.1) is 0 Å². The maximum absolute atomic E-state index is 12.7. The number of nitrogens with zero attached hydrogens (tertiary/aromatic N) is 1.